The molecular weight excluding hydrogens is 492 g/mol. The maximum atomic E-state index is 13.1. The first-order chi connectivity index (χ1) is 17.6. The van der Waals surface area contributed by atoms with E-state index in [1.807, 2.05) is 50.2 Å². The maximum Gasteiger partial charge on any atom is 0.326 e. The van der Waals surface area contributed by atoms with Crippen LogP contribution in [0.2, 0.25) is 0 Å². The molecule has 0 aromatic heterocycles. The van der Waals surface area contributed by atoms with E-state index >= 15 is 0 Å². The number of amides is 3. The lowest BCUT2D eigenvalue weighted by Crippen LogP contribution is -2.58. The monoisotopic (exact) mass is 528 g/mol. The molecule has 2 aromatic carbocycles. The van der Waals surface area contributed by atoms with Crippen molar-refractivity contribution in [1.82, 2.24) is 16.0 Å². The molecule has 2 aromatic rings. The van der Waals surface area contributed by atoms with Crippen molar-refractivity contribution in [2.45, 2.75) is 57.3 Å². The Balaban J connectivity index is 2.03. The predicted octanol–water partition coefficient (Wildman–Crippen LogP) is 1.31. The van der Waals surface area contributed by atoms with Gasteiger partial charge in [0.1, 0.15) is 18.1 Å². The maximum absolute atomic E-state index is 13.1. The fraction of sp³-hybridized carbons (Fsp3) is 0.407. The summed E-state index contributed by atoms with van der Waals surface area (Å²) >= 11 is 4.17. The van der Waals surface area contributed by atoms with Crippen LogP contribution in [0.3, 0.4) is 0 Å². The molecule has 6 N–H and O–H groups in total. The standard InChI is InChI=1S/C27H36N4O5S/c1-17(2)13-21(29-24(32)20(28)14-18-9-5-3-6-10-18)25(33)31-23(16-37)26(34)30-22(27(35)36)15-19-11-7-4-8-12-19/h3-12,17,20-23,37H,13-16,28H2,1-2H3,(H,29,32)(H,30,34)(H,31,33)(H,35,36). The van der Waals surface area contributed by atoms with E-state index in [1.165, 1.54) is 0 Å². The van der Waals surface area contributed by atoms with Gasteiger partial charge >= 0.3 is 5.97 Å². The van der Waals surface area contributed by atoms with E-state index in [4.69, 9.17) is 5.73 Å². The van der Waals surface area contributed by atoms with Gasteiger partial charge in [0.15, 0.2) is 0 Å². The number of nitrogens with one attached hydrogen (secondary N) is 3. The lowest BCUT2D eigenvalue weighted by atomic mass is 10.0. The van der Waals surface area contributed by atoms with Gasteiger partial charge in [-0.3, -0.25) is 14.4 Å². The molecule has 0 radical (unpaired) electrons. The number of carboxylic acids is 1. The van der Waals surface area contributed by atoms with Crippen LogP contribution < -0.4 is 21.7 Å². The lowest BCUT2D eigenvalue weighted by Gasteiger charge is -2.25. The van der Waals surface area contributed by atoms with Crippen molar-refractivity contribution in [3.05, 3.63) is 71.8 Å². The average Bonchev–Trinajstić information content (AvgIpc) is 2.87. The molecule has 37 heavy (non-hydrogen) atoms. The van der Waals surface area contributed by atoms with Crippen LogP contribution in [0.5, 0.6) is 0 Å². The summed E-state index contributed by atoms with van der Waals surface area (Å²) in [5, 5.41) is 17.4. The summed E-state index contributed by atoms with van der Waals surface area (Å²) < 4.78 is 0. The quantitative estimate of drug-likeness (QED) is 0.204. The zero-order chi connectivity index (χ0) is 27.4. The fourth-order valence-corrected chi connectivity index (χ4v) is 3.99. The Hall–Kier alpha value is -3.37. The molecule has 10 heteroatoms. The van der Waals surface area contributed by atoms with E-state index in [9.17, 15) is 24.3 Å². The first kappa shape index (κ1) is 29.9. The molecule has 4 unspecified atom stereocenters. The topological polar surface area (TPSA) is 151 Å². The molecule has 0 aliphatic rings. The zero-order valence-electron chi connectivity index (χ0n) is 21.1. The normalized spacial score (nSPS) is 14.2. The first-order valence-corrected chi connectivity index (χ1v) is 12.8. The van der Waals surface area contributed by atoms with Crippen molar-refractivity contribution < 1.29 is 24.3 Å². The lowest BCUT2D eigenvalue weighted by molar-refractivity contribution is -0.142. The van der Waals surface area contributed by atoms with Crippen LogP contribution in [-0.2, 0) is 32.0 Å². The second-order valence-electron chi connectivity index (χ2n) is 9.32. The Morgan fingerprint density at radius 2 is 1.22 bits per heavy atom. The van der Waals surface area contributed by atoms with Crippen LogP contribution in [0, 0.1) is 5.92 Å². The average molecular weight is 529 g/mol. The summed E-state index contributed by atoms with van der Waals surface area (Å²) in [4.78, 5) is 50.4. The third-order valence-electron chi connectivity index (χ3n) is 5.69. The second kappa shape index (κ2) is 15.0. The van der Waals surface area contributed by atoms with Crippen LogP contribution in [0.1, 0.15) is 31.4 Å². The van der Waals surface area contributed by atoms with Crippen LogP contribution in [0.15, 0.2) is 60.7 Å². The molecule has 0 spiro atoms. The SMILES string of the molecule is CC(C)CC(NC(=O)C(N)Cc1ccccc1)C(=O)NC(CS)C(=O)NC(Cc1ccccc1)C(=O)O. The van der Waals surface area contributed by atoms with E-state index in [0.717, 1.165) is 11.1 Å². The molecule has 9 nitrogen and oxygen atoms in total. The van der Waals surface area contributed by atoms with Gasteiger partial charge in [0.2, 0.25) is 17.7 Å². The molecule has 0 heterocycles. The van der Waals surface area contributed by atoms with Gasteiger partial charge in [0.25, 0.3) is 0 Å². The number of benzene rings is 2. The van der Waals surface area contributed by atoms with Gasteiger partial charge in [-0.15, -0.1) is 0 Å². The van der Waals surface area contributed by atoms with Gasteiger partial charge in [-0.25, -0.2) is 4.79 Å². The second-order valence-corrected chi connectivity index (χ2v) is 9.68. The zero-order valence-corrected chi connectivity index (χ0v) is 22.0. The van der Waals surface area contributed by atoms with Crippen LogP contribution >= 0.6 is 12.6 Å². The van der Waals surface area contributed by atoms with Gasteiger partial charge in [-0.05, 0) is 29.9 Å². The van der Waals surface area contributed by atoms with Crippen molar-refractivity contribution in [3.8, 4) is 0 Å². The van der Waals surface area contributed by atoms with E-state index in [0.29, 0.717) is 12.8 Å². The highest BCUT2D eigenvalue weighted by atomic mass is 32.1. The Morgan fingerprint density at radius 3 is 1.70 bits per heavy atom. The van der Waals surface area contributed by atoms with Crippen LogP contribution in [0.4, 0.5) is 0 Å². The van der Waals surface area contributed by atoms with E-state index in [2.05, 4.69) is 28.6 Å². The number of hydrogen-bond acceptors (Lipinski definition) is 6. The molecular formula is C27H36N4O5S. The van der Waals surface area contributed by atoms with E-state index < -0.39 is 47.9 Å². The van der Waals surface area contributed by atoms with Gasteiger partial charge in [-0.1, -0.05) is 74.5 Å². The number of nitrogens with two attached hydrogens (primary N) is 1. The Bertz CT molecular complexity index is 1040. The number of thiol groups is 1. The highest BCUT2D eigenvalue weighted by molar-refractivity contribution is 7.80. The Kier molecular flexibility index (Phi) is 12.1. The first-order valence-electron chi connectivity index (χ1n) is 12.2. The number of rotatable bonds is 14. The van der Waals surface area contributed by atoms with Crippen molar-refractivity contribution in [2.24, 2.45) is 11.7 Å². The van der Waals surface area contributed by atoms with E-state index in [1.54, 1.807) is 24.3 Å². The Labute approximate surface area is 223 Å². The molecule has 2 rings (SSSR count). The predicted molar refractivity (Wildman–Crippen MR) is 145 cm³/mol. The number of carbonyl (C=O) groups is 4. The Morgan fingerprint density at radius 1 is 0.757 bits per heavy atom. The molecule has 0 aliphatic heterocycles. The minimum Gasteiger partial charge on any atom is -0.480 e. The molecule has 3 amide bonds. The summed E-state index contributed by atoms with van der Waals surface area (Å²) in [7, 11) is 0. The fourth-order valence-electron chi connectivity index (χ4n) is 3.73. The van der Waals surface area contributed by atoms with Crippen LogP contribution in [-0.4, -0.2) is 58.7 Å². The van der Waals surface area contributed by atoms with Gasteiger partial charge < -0.3 is 26.8 Å². The summed E-state index contributed by atoms with van der Waals surface area (Å²) in [6.07, 6.45) is 0.713. The number of carbonyl (C=O) groups excluding carboxylic acids is 3. The van der Waals surface area contributed by atoms with Gasteiger partial charge in [0.05, 0.1) is 6.04 Å². The minimum atomic E-state index is -1.20. The smallest absolute Gasteiger partial charge is 0.326 e. The molecule has 200 valence electrons. The van der Waals surface area contributed by atoms with Crippen molar-refractivity contribution in [3.63, 3.8) is 0 Å². The van der Waals surface area contributed by atoms with Crippen LogP contribution in [0.25, 0.3) is 0 Å². The molecule has 0 saturated carbocycles. The highest BCUT2D eigenvalue weighted by Gasteiger charge is 2.30. The van der Waals surface area contributed by atoms with Gasteiger partial charge in [-0.2, -0.15) is 12.6 Å². The summed E-state index contributed by atoms with van der Waals surface area (Å²) in [6.45, 7) is 3.81. The van der Waals surface area contributed by atoms with Crippen molar-refractivity contribution in [1.29, 1.82) is 0 Å². The molecule has 4 atom stereocenters. The number of aliphatic carboxylic acids is 1. The summed E-state index contributed by atoms with van der Waals surface area (Å²) in [5.41, 5.74) is 7.71. The van der Waals surface area contributed by atoms with Gasteiger partial charge in [0, 0.05) is 12.2 Å². The largest absolute Gasteiger partial charge is 0.480 e. The number of hydrogen-bond donors (Lipinski definition) is 6. The number of carboxylic acid groups (broad SMARTS) is 1. The molecule has 0 aliphatic carbocycles. The third-order valence-corrected chi connectivity index (χ3v) is 6.05. The molecule has 0 fully saturated rings. The third kappa shape index (κ3) is 10.3. The van der Waals surface area contributed by atoms with Crippen molar-refractivity contribution in [2.75, 3.05) is 5.75 Å². The molecule has 0 bridgehead atoms. The minimum absolute atomic E-state index is 0.0620. The van der Waals surface area contributed by atoms with E-state index in [-0.39, 0.29) is 18.1 Å². The van der Waals surface area contributed by atoms with Crippen molar-refractivity contribution >= 4 is 36.3 Å². The summed E-state index contributed by atoms with van der Waals surface area (Å²) in [6, 6.07) is 14.1. The summed E-state index contributed by atoms with van der Waals surface area (Å²) in [5.74, 6) is -2.93. The highest BCUT2D eigenvalue weighted by Crippen LogP contribution is 2.09. The molecule has 0 saturated heterocycles.